The van der Waals surface area contributed by atoms with Crippen molar-refractivity contribution in [3.63, 3.8) is 0 Å². The van der Waals surface area contributed by atoms with Crippen LogP contribution in [0.4, 0.5) is 0 Å². The molecular formula is C20H26O6-2. The molecule has 2 aliphatic carbocycles. The maximum Gasteiger partial charge on any atom is 0.161 e. The Kier molecular flexibility index (Phi) is 6.34. The second-order valence-electron chi connectivity index (χ2n) is 8.18. The average molecular weight is 362 g/mol. The van der Waals surface area contributed by atoms with Gasteiger partial charge in [0.1, 0.15) is 0 Å². The average Bonchev–Trinajstić information content (AvgIpc) is 2.77. The van der Waals surface area contributed by atoms with Gasteiger partial charge in [-0.1, -0.05) is 38.8 Å². The second-order valence-corrected chi connectivity index (χ2v) is 8.18. The molecule has 0 N–H and O–H groups in total. The molecule has 0 aromatic rings. The number of aliphatic carboxylic acids is 2. The molecule has 2 aliphatic rings. The predicted molar refractivity (Wildman–Crippen MR) is 91.3 cm³/mol. The Morgan fingerprint density at radius 2 is 1.35 bits per heavy atom. The number of hydrogen-bond acceptors (Lipinski definition) is 6. The number of hydrogen-bond donors (Lipinski definition) is 0. The van der Waals surface area contributed by atoms with Gasteiger partial charge in [-0.25, -0.2) is 0 Å². The van der Waals surface area contributed by atoms with Crippen molar-refractivity contribution in [2.75, 3.05) is 0 Å². The molecule has 2 atom stereocenters. The van der Waals surface area contributed by atoms with Gasteiger partial charge in [-0.3, -0.25) is 9.59 Å². The lowest BCUT2D eigenvalue weighted by Gasteiger charge is -2.28. The molecule has 0 fully saturated rings. The van der Waals surface area contributed by atoms with E-state index in [0.717, 1.165) is 11.1 Å². The van der Waals surface area contributed by atoms with Crippen LogP contribution in [0.2, 0.25) is 0 Å². The summed E-state index contributed by atoms with van der Waals surface area (Å²) in [7, 11) is 0. The predicted octanol–water partition coefficient (Wildman–Crippen LogP) is 0.596. The fourth-order valence-electron chi connectivity index (χ4n) is 3.47. The third kappa shape index (κ3) is 4.48. The largest absolute Gasteiger partial charge is 0.550 e. The van der Waals surface area contributed by atoms with Gasteiger partial charge in [0.05, 0.1) is 0 Å². The summed E-state index contributed by atoms with van der Waals surface area (Å²) in [6, 6.07) is 0. The highest BCUT2D eigenvalue weighted by Gasteiger charge is 2.41. The first-order valence-electron chi connectivity index (χ1n) is 8.56. The van der Waals surface area contributed by atoms with E-state index in [2.05, 4.69) is 0 Å². The summed E-state index contributed by atoms with van der Waals surface area (Å²) in [5.41, 5.74) is 0.879. The van der Waals surface area contributed by atoms with Crippen molar-refractivity contribution < 1.29 is 29.4 Å². The number of carboxylic acids is 2. The first kappa shape index (κ1) is 21.8. The minimum atomic E-state index is -1.16. The number of carboxylic acid groups (broad SMARTS) is 2. The smallest absolute Gasteiger partial charge is 0.161 e. The van der Waals surface area contributed by atoms with Crippen LogP contribution in [-0.4, -0.2) is 23.5 Å². The maximum absolute atomic E-state index is 11.4. The van der Waals surface area contributed by atoms with Crippen LogP contribution in [0.1, 0.15) is 54.4 Å². The summed E-state index contributed by atoms with van der Waals surface area (Å²) in [4.78, 5) is 43.6. The fourth-order valence-corrected chi connectivity index (χ4v) is 3.47. The van der Waals surface area contributed by atoms with Gasteiger partial charge in [0, 0.05) is 23.3 Å². The van der Waals surface area contributed by atoms with E-state index in [1.165, 1.54) is 12.2 Å². The Balaban J connectivity index is 0.000000260. The summed E-state index contributed by atoms with van der Waals surface area (Å²) in [5.74, 6) is -2.99. The molecular weight excluding hydrogens is 336 g/mol. The molecule has 0 heterocycles. The molecule has 6 heteroatoms. The summed E-state index contributed by atoms with van der Waals surface area (Å²) < 4.78 is 0. The van der Waals surface area contributed by atoms with Crippen LogP contribution in [0.25, 0.3) is 0 Å². The summed E-state index contributed by atoms with van der Waals surface area (Å²) >= 11 is 0. The zero-order chi connectivity index (χ0) is 20.4. The molecule has 0 spiro atoms. The molecule has 0 saturated carbocycles. The SMILES string of the molecule is CC1=CC(=O)C(C)(C)C1CC(=O)[O-].CC1=CC(=O)C(CC(=O)[O-])C1(C)C. The normalized spacial score (nSPS) is 25.9. The molecule has 0 bridgehead atoms. The van der Waals surface area contributed by atoms with E-state index in [4.69, 9.17) is 0 Å². The second kappa shape index (κ2) is 7.56. The van der Waals surface area contributed by atoms with E-state index in [0.29, 0.717) is 0 Å². The van der Waals surface area contributed by atoms with Gasteiger partial charge in [0.15, 0.2) is 11.6 Å². The van der Waals surface area contributed by atoms with Crippen molar-refractivity contribution in [3.8, 4) is 0 Å². The third-order valence-electron chi connectivity index (χ3n) is 5.75. The Morgan fingerprint density at radius 3 is 1.65 bits per heavy atom. The first-order chi connectivity index (χ1) is 11.7. The van der Waals surface area contributed by atoms with Crippen LogP contribution in [0.15, 0.2) is 23.3 Å². The number of allylic oxidation sites excluding steroid dienone is 4. The van der Waals surface area contributed by atoms with E-state index in [-0.39, 0.29) is 35.7 Å². The van der Waals surface area contributed by atoms with Gasteiger partial charge in [0.25, 0.3) is 0 Å². The summed E-state index contributed by atoms with van der Waals surface area (Å²) in [5, 5.41) is 20.9. The maximum atomic E-state index is 11.4. The minimum Gasteiger partial charge on any atom is -0.550 e. The monoisotopic (exact) mass is 362 g/mol. The van der Waals surface area contributed by atoms with Crippen LogP contribution >= 0.6 is 0 Å². The van der Waals surface area contributed by atoms with Gasteiger partial charge in [0.2, 0.25) is 0 Å². The zero-order valence-corrected chi connectivity index (χ0v) is 16.2. The lowest BCUT2D eigenvalue weighted by Crippen LogP contribution is -2.33. The van der Waals surface area contributed by atoms with Crippen LogP contribution in [0.5, 0.6) is 0 Å². The third-order valence-corrected chi connectivity index (χ3v) is 5.75. The van der Waals surface area contributed by atoms with E-state index in [1.54, 1.807) is 20.8 Å². The quantitative estimate of drug-likeness (QED) is 0.723. The van der Waals surface area contributed by atoms with Gasteiger partial charge in [-0.15, -0.1) is 0 Å². The molecule has 26 heavy (non-hydrogen) atoms. The molecule has 0 aliphatic heterocycles. The Hall–Kier alpha value is -2.24. The van der Waals surface area contributed by atoms with E-state index in [9.17, 15) is 29.4 Å². The van der Waals surface area contributed by atoms with E-state index >= 15 is 0 Å². The van der Waals surface area contributed by atoms with Crippen LogP contribution in [-0.2, 0) is 19.2 Å². The molecule has 6 nitrogen and oxygen atoms in total. The topological polar surface area (TPSA) is 114 Å². The van der Waals surface area contributed by atoms with Crippen LogP contribution in [0, 0.1) is 22.7 Å². The molecule has 144 valence electrons. The standard InChI is InChI=1S/2C10H14O3/c1-6-4-8(11)7(5-9(12)13)10(6,2)3;1-6-4-8(11)10(2,3)7(6)5-9(12)13/h2*4,7H,5H2,1-3H3,(H,12,13)/p-2. The van der Waals surface area contributed by atoms with Crippen molar-refractivity contribution in [1.29, 1.82) is 0 Å². The van der Waals surface area contributed by atoms with Crippen LogP contribution < -0.4 is 10.2 Å². The molecule has 0 saturated heterocycles. The molecule has 0 radical (unpaired) electrons. The van der Waals surface area contributed by atoms with Crippen molar-refractivity contribution in [3.05, 3.63) is 23.3 Å². The highest BCUT2D eigenvalue weighted by molar-refractivity contribution is 5.99. The van der Waals surface area contributed by atoms with Gasteiger partial charge in [-0.05, 0) is 50.2 Å². The van der Waals surface area contributed by atoms with Gasteiger partial charge >= 0.3 is 0 Å². The molecule has 0 aromatic carbocycles. The van der Waals surface area contributed by atoms with E-state index in [1.807, 2.05) is 20.8 Å². The number of carbonyl (C=O) groups excluding carboxylic acids is 4. The Labute approximate surface area is 154 Å². The van der Waals surface area contributed by atoms with Gasteiger partial charge < -0.3 is 19.8 Å². The van der Waals surface area contributed by atoms with Crippen molar-refractivity contribution in [2.45, 2.75) is 54.4 Å². The first-order valence-corrected chi connectivity index (χ1v) is 8.56. The number of ketones is 2. The van der Waals surface area contributed by atoms with Gasteiger partial charge in [-0.2, -0.15) is 0 Å². The van der Waals surface area contributed by atoms with Crippen LogP contribution in [0.3, 0.4) is 0 Å². The lowest BCUT2D eigenvalue weighted by molar-refractivity contribution is -0.308. The molecule has 0 aromatic heterocycles. The van der Waals surface area contributed by atoms with Crippen molar-refractivity contribution >= 4 is 23.5 Å². The number of rotatable bonds is 4. The lowest BCUT2D eigenvalue weighted by atomic mass is 9.76. The minimum absolute atomic E-state index is 0.0104. The van der Waals surface area contributed by atoms with Crippen molar-refractivity contribution in [1.82, 2.24) is 0 Å². The Morgan fingerprint density at radius 1 is 0.885 bits per heavy atom. The number of carbonyl (C=O) groups is 4. The van der Waals surface area contributed by atoms with Crippen molar-refractivity contribution in [2.24, 2.45) is 22.7 Å². The molecule has 2 rings (SSSR count). The molecule has 2 unspecified atom stereocenters. The Bertz CT molecular complexity index is 693. The zero-order valence-electron chi connectivity index (χ0n) is 16.2. The highest BCUT2D eigenvalue weighted by atomic mass is 16.4. The highest BCUT2D eigenvalue weighted by Crippen LogP contribution is 2.42. The summed E-state index contributed by atoms with van der Waals surface area (Å²) in [6.45, 7) is 11.0. The fraction of sp³-hybridized carbons (Fsp3) is 0.600. The van der Waals surface area contributed by atoms with E-state index < -0.39 is 23.3 Å². The summed E-state index contributed by atoms with van der Waals surface area (Å²) in [6.07, 6.45) is 2.82. The molecule has 0 amide bonds.